The first-order valence-electron chi connectivity index (χ1n) is 6.28. The van der Waals surface area contributed by atoms with Crippen LogP contribution >= 0.6 is 0 Å². The number of rotatable bonds is 8. The zero-order valence-corrected chi connectivity index (χ0v) is 10.9. The highest BCUT2D eigenvalue weighted by atomic mass is 16.5. The minimum absolute atomic E-state index is 0.135. The molecule has 1 N–H and O–H groups in total. The van der Waals surface area contributed by atoms with Crippen LogP contribution in [-0.2, 0) is 9.53 Å². The molecule has 19 heavy (non-hydrogen) atoms. The smallest absolute Gasteiger partial charge is 0.306 e. The van der Waals surface area contributed by atoms with E-state index >= 15 is 0 Å². The molecule has 1 aliphatic rings. The molecule has 5 nitrogen and oxygen atoms in total. The summed E-state index contributed by atoms with van der Waals surface area (Å²) in [4.78, 5) is 10.7. The fraction of sp³-hybridized carbons (Fsp3) is 0.500. The standard InChI is InChI=1S/C14H18O5/c1-17-5-6-18-11-3-2-4-12(8-11)19-9-10-7-13(10)14(15)16/h2-4,8,10,13H,5-7,9H2,1H3,(H,15,16)/t10-,13+/m0/s1. The predicted octanol–water partition coefficient (Wildman–Crippen LogP) is 1.81. The normalized spacial score (nSPS) is 20.9. The zero-order chi connectivity index (χ0) is 13.7. The van der Waals surface area contributed by atoms with Crippen molar-refractivity contribution in [1.82, 2.24) is 0 Å². The molecule has 0 heterocycles. The van der Waals surface area contributed by atoms with E-state index in [0.29, 0.717) is 32.0 Å². The summed E-state index contributed by atoms with van der Waals surface area (Å²) in [5.74, 6) is 0.591. The van der Waals surface area contributed by atoms with Crippen molar-refractivity contribution in [2.24, 2.45) is 11.8 Å². The Balaban J connectivity index is 1.77. The second-order valence-corrected chi connectivity index (χ2v) is 4.57. The summed E-state index contributed by atoms with van der Waals surface area (Å²) in [5.41, 5.74) is 0. The van der Waals surface area contributed by atoms with Crippen molar-refractivity contribution in [3.05, 3.63) is 24.3 Å². The number of carbonyl (C=O) groups is 1. The number of hydrogen-bond donors (Lipinski definition) is 1. The van der Waals surface area contributed by atoms with Gasteiger partial charge in [0.25, 0.3) is 0 Å². The Bertz CT molecular complexity index is 432. The van der Waals surface area contributed by atoms with Crippen LogP contribution in [0.15, 0.2) is 24.3 Å². The molecule has 1 fully saturated rings. The maximum atomic E-state index is 10.7. The van der Waals surface area contributed by atoms with Crippen LogP contribution in [0.1, 0.15) is 6.42 Å². The van der Waals surface area contributed by atoms with Gasteiger partial charge in [-0.05, 0) is 18.6 Å². The van der Waals surface area contributed by atoms with Crippen molar-refractivity contribution in [2.45, 2.75) is 6.42 Å². The maximum Gasteiger partial charge on any atom is 0.306 e. The average Bonchev–Trinajstić information content (AvgIpc) is 3.17. The zero-order valence-electron chi connectivity index (χ0n) is 10.9. The Kier molecular flexibility index (Phi) is 4.63. The van der Waals surface area contributed by atoms with E-state index in [1.807, 2.05) is 18.2 Å². The highest BCUT2D eigenvalue weighted by molar-refractivity contribution is 5.73. The fourth-order valence-corrected chi connectivity index (χ4v) is 1.83. The molecular weight excluding hydrogens is 248 g/mol. The Labute approximate surface area is 112 Å². The van der Waals surface area contributed by atoms with Gasteiger partial charge in [0.15, 0.2) is 0 Å². The molecule has 5 heteroatoms. The molecule has 1 saturated carbocycles. The first kappa shape index (κ1) is 13.7. The summed E-state index contributed by atoms with van der Waals surface area (Å²) in [6.07, 6.45) is 0.708. The van der Waals surface area contributed by atoms with Crippen molar-refractivity contribution in [1.29, 1.82) is 0 Å². The number of benzene rings is 1. The van der Waals surface area contributed by atoms with E-state index in [2.05, 4.69) is 0 Å². The first-order valence-corrected chi connectivity index (χ1v) is 6.28. The quantitative estimate of drug-likeness (QED) is 0.727. The van der Waals surface area contributed by atoms with Gasteiger partial charge in [-0.15, -0.1) is 0 Å². The van der Waals surface area contributed by atoms with Gasteiger partial charge in [0.2, 0.25) is 0 Å². The van der Waals surface area contributed by atoms with Crippen molar-refractivity contribution in [3.63, 3.8) is 0 Å². The molecule has 0 saturated heterocycles. The topological polar surface area (TPSA) is 65.0 Å². The van der Waals surface area contributed by atoms with Gasteiger partial charge in [0, 0.05) is 19.1 Å². The maximum absolute atomic E-state index is 10.7. The third kappa shape index (κ3) is 4.13. The van der Waals surface area contributed by atoms with Crippen molar-refractivity contribution in [2.75, 3.05) is 26.9 Å². The molecule has 0 spiro atoms. The van der Waals surface area contributed by atoms with Crippen LogP contribution in [0.25, 0.3) is 0 Å². The first-order chi connectivity index (χ1) is 9.20. The van der Waals surface area contributed by atoms with Gasteiger partial charge in [-0.1, -0.05) is 6.07 Å². The molecule has 0 amide bonds. The SMILES string of the molecule is COCCOc1cccc(OC[C@@H]2C[C@H]2C(=O)O)c1. The van der Waals surface area contributed by atoms with E-state index in [1.165, 1.54) is 0 Å². The van der Waals surface area contributed by atoms with Crippen molar-refractivity contribution in [3.8, 4) is 11.5 Å². The third-order valence-corrected chi connectivity index (χ3v) is 3.07. The van der Waals surface area contributed by atoms with E-state index in [0.717, 1.165) is 5.75 Å². The van der Waals surface area contributed by atoms with Gasteiger partial charge in [-0.25, -0.2) is 0 Å². The van der Waals surface area contributed by atoms with Crippen LogP contribution in [0.4, 0.5) is 0 Å². The molecule has 2 atom stereocenters. The lowest BCUT2D eigenvalue weighted by molar-refractivity contribution is -0.138. The number of hydrogen-bond acceptors (Lipinski definition) is 4. The number of methoxy groups -OCH3 is 1. The Hall–Kier alpha value is -1.75. The van der Waals surface area contributed by atoms with Crippen LogP contribution in [-0.4, -0.2) is 38.0 Å². The molecule has 1 aromatic rings. The fourth-order valence-electron chi connectivity index (χ4n) is 1.83. The lowest BCUT2D eigenvalue weighted by atomic mass is 10.3. The highest BCUT2D eigenvalue weighted by Gasteiger charge is 2.43. The Morgan fingerprint density at radius 3 is 2.68 bits per heavy atom. The number of carboxylic acid groups (broad SMARTS) is 1. The Morgan fingerprint density at radius 1 is 1.32 bits per heavy atom. The molecule has 1 aliphatic carbocycles. The van der Waals surface area contributed by atoms with E-state index in [-0.39, 0.29) is 11.8 Å². The van der Waals surface area contributed by atoms with Crippen LogP contribution in [0, 0.1) is 11.8 Å². The predicted molar refractivity (Wildman–Crippen MR) is 68.5 cm³/mol. The molecule has 0 bridgehead atoms. The summed E-state index contributed by atoms with van der Waals surface area (Å²) >= 11 is 0. The highest BCUT2D eigenvalue weighted by Crippen LogP contribution is 2.39. The lowest BCUT2D eigenvalue weighted by Crippen LogP contribution is -2.07. The average molecular weight is 266 g/mol. The molecular formula is C14H18O5. The minimum Gasteiger partial charge on any atom is -0.493 e. The second-order valence-electron chi connectivity index (χ2n) is 4.57. The molecule has 2 rings (SSSR count). The molecule has 0 unspecified atom stereocenters. The van der Waals surface area contributed by atoms with E-state index in [1.54, 1.807) is 13.2 Å². The van der Waals surface area contributed by atoms with Gasteiger partial charge >= 0.3 is 5.97 Å². The van der Waals surface area contributed by atoms with Gasteiger partial charge in [-0.3, -0.25) is 4.79 Å². The molecule has 0 radical (unpaired) electrons. The van der Waals surface area contributed by atoms with Crippen LogP contribution in [0.2, 0.25) is 0 Å². The summed E-state index contributed by atoms with van der Waals surface area (Å²) < 4.78 is 16.0. The monoisotopic (exact) mass is 266 g/mol. The molecule has 0 aliphatic heterocycles. The molecule has 104 valence electrons. The summed E-state index contributed by atoms with van der Waals surface area (Å²) in [6.45, 7) is 1.47. The molecule has 0 aromatic heterocycles. The van der Waals surface area contributed by atoms with Gasteiger partial charge in [0.05, 0.1) is 19.1 Å². The van der Waals surface area contributed by atoms with Gasteiger partial charge in [-0.2, -0.15) is 0 Å². The van der Waals surface area contributed by atoms with Gasteiger partial charge in [0.1, 0.15) is 18.1 Å². The van der Waals surface area contributed by atoms with Crippen molar-refractivity contribution >= 4 is 5.97 Å². The number of ether oxygens (including phenoxy) is 3. The summed E-state index contributed by atoms with van der Waals surface area (Å²) in [6, 6.07) is 7.33. The minimum atomic E-state index is -0.731. The number of carboxylic acids is 1. The number of aliphatic carboxylic acids is 1. The van der Waals surface area contributed by atoms with Gasteiger partial charge < -0.3 is 19.3 Å². The summed E-state index contributed by atoms with van der Waals surface area (Å²) in [5, 5.41) is 8.80. The van der Waals surface area contributed by atoms with Crippen LogP contribution < -0.4 is 9.47 Å². The van der Waals surface area contributed by atoms with Crippen LogP contribution in [0.5, 0.6) is 11.5 Å². The Morgan fingerprint density at radius 2 is 2.05 bits per heavy atom. The largest absolute Gasteiger partial charge is 0.493 e. The second kappa shape index (κ2) is 6.43. The van der Waals surface area contributed by atoms with E-state index in [4.69, 9.17) is 19.3 Å². The van der Waals surface area contributed by atoms with E-state index in [9.17, 15) is 4.79 Å². The summed E-state index contributed by atoms with van der Waals surface area (Å²) in [7, 11) is 1.62. The lowest BCUT2D eigenvalue weighted by Gasteiger charge is -2.09. The third-order valence-electron chi connectivity index (χ3n) is 3.07. The van der Waals surface area contributed by atoms with Crippen LogP contribution in [0.3, 0.4) is 0 Å². The van der Waals surface area contributed by atoms with Crippen molar-refractivity contribution < 1.29 is 24.1 Å². The molecule has 1 aromatic carbocycles. The van der Waals surface area contributed by atoms with E-state index < -0.39 is 5.97 Å².